The van der Waals surface area contributed by atoms with E-state index >= 15 is 0 Å². The normalized spacial score (nSPS) is 11.6. The monoisotopic (exact) mass is 260 g/mol. The van der Waals surface area contributed by atoms with Crippen molar-refractivity contribution in [3.8, 4) is 0 Å². The van der Waals surface area contributed by atoms with Gasteiger partial charge in [-0.05, 0) is 26.7 Å². The van der Waals surface area contributed by atoms with Crippen molar-refractivity contribution in [1.82, 2.24) is 10.4 Å². The van der Waals surface area contributed by atoms with E-state index in [2.05, 4.69) is 10.2 Å². The molecule has 106 valence electrons. The predicted octanol–water partition coefficient (Wildman–Crippen LogP) is 1.56. The smallest absolute Gasteiger partial charge is 0.422 e. The highest BCUT2D eigenvalue weighted by atomic mass is 16.6. The summed E-state index contributed by atoms with van der Waals surface area (Å²) in [4.78, 5) is 22.8. The molecule has 0 aliphatic carbocycles. The Balaban J connectivity index is 4.39. The Labute approximate surface area is 109 Å². The maximum absolute atomic E-state index is 11.6. The van der Waals surface area contributed by atoms with E-state index in [-0.39, 0.29) is 6.54 Å². The number of esters is 1. The summed E-state index contributed by atoms with van der Waals surface area (Å²) in [6.07, 6.45) is -0.577. The number of nitrogens with zero attached hydrogens (tertiary/aromatic N) is 1. The molecule has 0 unspecified atom stereocenters. The molecule has 0 heterocycles. The van der Waals surface area contributed by atoms with Crippen molar-refractivity contribution >= 4 is 12.1 Å². The lowest BCUT2D eigenvalue weighted by Crippen LogP contribution is -2.48. The minimum Gasteiger partial charge on any atom is -0.468 e. The van der Waals surface area contributed by atoms with Crippen LogP contribution in [-0.4, -0.2) is 42.9 Å². The number of rotatable bonds is 5. The van der Waals surface area contributed by atoms with Crippen LogP contribution in [0.4, 0.5) is 4.79 Å². The van der Waals surface area contributed by atoms with Crippen molar-refractivity contribution in [3.05, 3.63) is 0 Å². The molecule has 18 heavy (non-hydrogen) atoms. The minimum atomic E-state index is -0.577. The van der Waals surface area contributed by atoms with Crippen molar-refractivity contribution in [2.45, 2.75) is 40.2 Å². The summed E-state index contributed by atoms with van der Waals surface area (Å²) < 4.78 is 9.69. The summed E-state index contributed by atoms with van der Waals surface area (Å²) in [5.41, 5.74) is 1.97. The maximum atomic E-state index is 11.6. The van der Waals surface area contributed by atoms with Gasteiger partial charge in [0.25, 0.3) is 0 Å². The van der Waals surface area contributed by atoms with Crippen molar-refractivity contribution in [3.63, 3.8) is 0 Å². The summed E-state index contributed by atoms with van der Waals surface area (Å²) in [6, 6.07) is 0. The average molecular weight is 260 g/mol. The third kappa shape index (κ3) is 8.81. The van der Waals surface area contributed by atoms with Crippen LogP contribution in [0.5, 0.6) is 0 Å². The Kier molecular flexibility index (Phi) is 6.68. The van der Waals surface area contributed by atoms with E-state index in [1.807, 2.05) is 13.8 Å². The standard InChI is InChI=1S/C12H24N2O4/c1-9(2)7-14(8-10(15)17-6)13-11(16)18-12(3,4)5/h9H,7-8H2,1-6H3,(H,13,16). The zero-order valence-corrected chi connectivity index (χ0v) is 12.1. The fourth-order valence-corrected chi connectivity index (χ4v) is 1.24. The summed E-state index contributed by atoms with van der Waals surface area (Å²) in [5.74, 6) is -0.115. The molecule has 0 aromatic rings. The quantitative estimate of drug-likeness (QED) is 0.600. The third-order valence-electron chi connectivity index (χ3n) is 1.78. The third-order valence-corrected chi connectivity index (χ3v) is 1.78. The van der Waals surface area contributed by atoms with Crippen LogP contribution in [0.2, 0.25) is 0 Å². The van der Waals surface area contributed by atoms with Gasteiger partial charge < -0.3 is 9.47 Å². The van der Waals surface area contributed by atoms with Crippen LogP contribution in [0, 0.1) is 5.92 Å². The number of nitrogens with one attached hydrogen (secondary N) is 1. The highest BCUT2D eigenvalue weighted by Crippen LogP contribution is 2.07. The lowest BCUT2D eigenvalue weighted by molar-refractivity contribution is -0.142. The first kappa shape index (κ1) is 16.7. The van der Waals surface area contributed by atoms with E-state index < -0.39 is 17.7 Å². The van der Waals surface area contributed by atoms with Gasteiger partial charge in [-0.3, -0.25) is 10.2 Å². The van der Waals surface area contributed by atoms with Gasteiger partial charge in [-0.25, -0.2) is 9.80 Å². The molecule has 0 saturated carbocycles. The molecule has 0 aliphatic heterocycles. The molecule has 1 N–H and O–H groups in total. The van der Waals surface area contributed by atoms with Crippen molar-refractivity contribution < 1.29 is 19.1 Å². The van der Waals surface area contributed by atoms with Crippen molar-refractivity contribution in [2.75, 3.05) is 20.2 Å². The van der Waals surface area contributed by atoms with Gasteiger partial charge in [0.2, 0.25) is 0 Å². The fourth-order valence-electron chi connectivity index (χ4n) is 1.24. The number of hydrazine groups is 1. The van der Waals surface area contributed by atoms with Crippen LogP contribution >= 0.6 is 0 Å². The molecule has 0 fully saturated rings. The first-order valence-electron chi connectivity index (χ1n) is 5.95. The van der Waals surface area contributed by atoms with Crippen LogP contribution in [0.15, 0.2) is 0 Å². The molecular formula is C12H24N2O4. The molecule has 6 heteroatoms. The van der Waals surface area contributed by atoms with Crippen LogP contribution in [0.25, 0.3) is 0 Å². The fraction of sp³-hybridized carbons (Fsp3) is 0.833. The number of hydrogen-bond donors (Lipinski definition) is 1. The number of hydrogen-bond acceptors (Lipinski definition) is 5. The van der Waals surface area contributed by atoms with Gasteiger partial charge in [0.1, 0.15) is 12.1 Å². The summed E-state index contributed by atoms with van der Waals surface area (Å²) >= 11 is 0. The molecule has 0 radical (unpaired) electrons. The van der Waals surface area contributed by atoms with E-state index in [1.165, 1.54) is 12.1 Å². The van der Waals surface area contributed by atoms with Gasteiger partial charge in [0.15, 0.2) is 0 Å². The highest BCUT2D eigenvalue weighted by Gasteiger charge is 2.20. The van der Waals surface area contributed by atoms with Crippen LogP contribution in [0.1, 0.15) is 34.6 Å². The molecule has 0 aromatic heterocycles. The Hall–Kier alpha value is -1.30. The maximum Gasteiger partial charge on any atom is 0.422 e. The van der Waals surface area contributed by atoms with Gasteiger partial charge in [-0.15, -0.1) is 0 Å². The van der Waals surface area contributed by atoms with E-state index in [1.54, 1.807) is 20.8 Å². The van der Waals surface area contributed by atoms with E-state index in [0.29, 0.717) is 12.5 Å². The van der Waals surface area contributed by atoms with Gasteiger partial charge in [0, 0.05) is 6.54 Å². The molecule has 1 amide bonds. The van der Waals surface area contributed by atoms with Crippen LogP contribution < -0.4 is 5.43 Å². The first-order chi connectivity index (χ1) is 8.14. The molecule has 0 atom stereocenters. The molecule has 0 rings (SSSR count). The van der Waals surface area contributed by atoms with E-state index in [4.69, 9.17) is 4.74 Å². The van der Waals surface area contributed by atoms with Crippen molar-refractivity contribution in [1.29, 1.82) is 0 Å². The molecule has 0 spiro atoms. The Morgan fingerprint density at radius 2 is 1.83 bits per heavy atom. The van der Waals surface area contributed by atoms with E-state index in [0.717, 1.165) is 0 Å². The zero-order chi connectivity index (χ0) is 14.3. The van der Waals surface area contributed by atoms with Crippen LogP contribution in [0.3, 0.4) is 0 Å². The second-order valence-corrected chi connectivity index (χ2v) is 5.46. The topological polar surface area (TPSA) is 67.9 Å². The van der Waals surface area contributed by atoms with Crippen LogP contribution in [-0.2, 0) is 14.3 Å². The minimum absolute atomic E-state index is 0.00603. The molecule has 0 aliphatic rings. The second kappa shape index (κ2) is 7.20. The zero-order valence-electron chi connectivity index (χ0n) is 12.1. The number of amides is 1. The number of carbonyl (C=O) groups excluding carboxylic acids is 2. The van der Waals surface area contributed by atoms with Gasteiger partial charge in [-0.2, -0.15) is 0 Å². The van der Waals surface area contributed by atoms with Gasteiger partial charge in [0.05, 0.1) is 7.11 Å². The Morgan fingerprint density at radius 1 is 1.28 bits per heavy atom. The van der Waals surface area contributed by atoms with E-state index in [9.17, 15) is 9.59 Å². The lowest BCUT2D eigenvalue weighted by atomic mass is 10.2. The largest absolute Gasteiger partial charge is 0.468 e. The molecule has 6 nitrogen and oxygen atoms in total. The summed E-state index contributed by atoms with van der Waals surface area (Å²) in [5, 5.41) is 1.49. The molecule has 0 bridgehead atoms. The Morgan fingerprint density at radius 3 is 2.22 bits per heavy atom. The number of methoxy groups -OCH3 is 1. The molecule has 0 aromatic carbocycles. The second-order valence-electron chi connectivity index (χ2n) is 5.46. The predicted molar refractivity (Wildman–Crippen MR) is 67.8 cm³/mol. The first-order valence-corrected chi connectivity index (χ1v) is 5.95. The van der Waals surface area contributed by atoms with Gasteiger partial charge in [-0.1, -0.05) is 13.8 Å². The van der Waals surface area contributed by atoms with Crippen molar-refractivity contribution in [2.24, 2.45) is 5.92 Å². The van der Waals surface area contributed by atoms with Gasteiger partial charge >= 0.3 is 12.1 Å². The number of ether oxygens (including phenoxy) is 2. The lowest BCUT2D eigenvalue weighted by Gasteiger charge is -2.26. The average Bonchev–Trinajstić information content (AvgIpc) is 2.12. The highest BCUT2D eigenvalue weighted by molar-refractivity contribution is 5.72. The number of carbonyl (C=O) groups is 2. The Bertz CT molecular complexity index is 284. The molecular weight excluding hydrogens is 236 g/mol. The summed E-state index contributed by atoms with van der Waals surface area (Å²) in [7, 11) is 1.31. The molecule has 0 saturated heterocycles. The summed E-state index contributed by atoms with van der Waals surface area (Å²) in [6.45, 7) is 9.84. The SMILES string of the molecule is COC(=O)CN(CC(C)C)NC(=O)OC(C)(C)C.